The Morgan fingerprint density at radius 1 is 1.17 bits per heavy atom. The monoisotopic (exact) mass is 249 g/mol. The van der Waals surface area contributed by atoms with Crippen LogP contribution in [0.2, 0.25) is 0 Å². The maximum atomic E-state index is 11.0. The highest BCUT2D eigenvalue weighted by Gasteiger charge is 2.27. The van der Waals surface area contributed by atoms with E-state index in [2.05, 4.69) is 0 Å². The second-order valence-electron chi connectivity index (χ2n) is 4.99. The molecule has 1 aliphatic rings. The van der Waals surface area contributed by atoms with Crippen LogP contribution in [0.1, 0.15) is 46.7 Å². The minimum Gasteiger partial charge on any atom is -0.507 e. The fraction of sp³-hybridized carbons (Fsp3) is 0.500. The van der Waals surface area contributed by atoms with Crippen molar-refractivity contribution in [3.05, 3.63) is 27.8 Å². The second kappa shape index (κ2) is 4.61. The van der Waals surface area contributed by atoms with Crippen LogP contribution in [0.3, 0.4) is 0 Å². The molecule has 0 aliphatic heterocycles. The normalized spacial score (nSPS) is 16.2. The molecule has 4 heteroatoms. The molecule has 0 saturated heterocycles. The molecule has 1 unspecified atom stereocenters. The number of aromatic hydroxyl groups is 1. The van der Waals surface area contributed by atoms with Gasteiger partial charge in [-0.15, -0.1) is 0 Å². The number of rotatable bonds is 2. The zero-order chi connectivity index (χ0) is 13.4. The van der Waals surface area contributed by atoms with Crippen LogP contribution >= 0.6 is 0 Å². The minimum absolute atomic E-state index is 0.0584. The topological polar surface area (TPSA) is 83.5 Å². The molecule has 0 fully saturated rings. The highest BCUT2D eigenvalue weighted by atomic mass is 16.4. The van der Waals surface area contributed by atoms with E-state index in [1.165, 1.54) is 11.1 Å². The summed E-state index contributed by atoms with van der Waals surface area (Å²) in [5, 5.41) is 19.3. The van der Waals surface area contributed by atoms with Gasteiger partial charge < -0.3 is 15.9 Å². The van der Waals surface area contributed by atoms with Crippen LogP contribution < -0.4 is 5.73 Å². The van der Waals surface area contributed by atoms with Gasteiger partial charge in [-0.1, -0.05) is 0 Å². The summed E-state index contributed by atoms with van der Waals surface area (Å²) in [4.78, 5) is 11.0. The first-order valence-electron chi connectivity index (χ1n) is 6.27. The Morgan fingerprint density at radius 2 is 1.67 bits per heavy atom. The average Bonchev–Trinajstić information content (AvgIpc) is 2.36. The molecule has 1 aliphatic carbocycles. The first kappa shape index (κ1) is 12.9. The summed E-state index contributed by atoms with van der Waals surface area (Å²) in [6.07, 6.45) is 4.14. The minimum atomic E-state index is -1.16. The summed E-state index contributed by atoms with van der Waals surface area (Å²) in [6.45, 7) is 3.71. The van der Waals surface area contributed by atoms with Gasteiger partial charge in [-0.25, -0.2) is 0 Å². The Bertz CT molecular complexity index is 508. The van der Waals surface area contributed by atoms with E-state index >= 15 is 0 Å². The van der Waals surface area contributed by atoms with Crippen LogP contribution in [-0.4, -0.2) is 16.2 Å². The predicted molar refractivity (Wildman–Crippen MR) is 68.8 cm³/mol. The SMILES string of the molecule is Cc1c(O)c(C(N)C(=O)O)c(C)c2c1CCCC2. The molecule has 0 amide bonds. The summed E-state index contributed by atoms with van der Waals surface area (Å²) in [6, 6.07) is -1.16. The van der Waals surface area contributed by atoms with Crippen molar-refractivity contribution in [2.75, 3.05) is 0 Å². The number of hydrogen-bond donors (Lipinski definition) is 3. The van der Waals surface area contributed by atoms with Crippen LogP contribution in [0.15, 0.2) is 0 Å². The number of carboxylic acids is 1. The molecular weight excluding hydrogens is 230 g/mol. The molecule has 1 aromatic carbocycles. The van der Waals surface area contributed by atoms with Gasteiger partial charge in [0.1, 0.15) is 11.8 Å². The molecule has 1 aromatic rings. The molecule has 98 valence electrons. The fourth-order valence-electron chi connectivity index (χ4n) is 2.92. The molecule has 4 N–H and O–H groups in total. The Balaban J connectivity index is 2.68. The number of carboxylic acid groups (broad SMARTS) is 1. The van der Waals surface area contributed by atoms with Gasteiger partial charge in [0, 0.05) is 5.56 Å². The highest BCUT2D eigenvalue weighted by Crippen LogP contribution is 2.38. The lowest BCUT2D eigenvalue weighted by molar-refractivity contribution is -0.138. The van der Waals surface area contributed by atoms with Gasteiger partial charge in [-0.05, 0) is 61.8 Å². The zero-order valence-corrected chi connectivity index (χ0v) is 10.8. The maximum Gasteiger partial charge on any atom is 0.325 e. The lowest BCUT2D eigenvalue weighted by Gasteiger charge is -2.25. The quantitative estimate of drug-likeness (QED) is 0.748. The third-order valence-electron chi connectivity index (χ3n) is 3.96. The number of carbonyl (C=O) groups is 1. The van der Waals surface area contributed by atoms with Crippen molar-refractivity contribution in [3.8, 4) is 5.75 Å². The van der Waals surface area contributed by atoms with E-state index in [-0.39, 0.29) is 5.75 Å². The zero-order valence-electron chi connectivity index (χ0n) is 10.8. The second-order valence-corrected chi connectivity index (χ2v) is 4.99. The average molecular weight is 249 g/mol. The van der Waals surface area contributed by atoms with E-state index in [0.29, 0.717) is 5.56 Å². The van der Waals surface area contributed by atoms with Crippen molar-refractivity contribution in [3.63, 3.8) is 0 Å². The Labute approximate surface area is 106 Å². The first-order chi connectivity index (χ1) is 8.45. The van der Waals surface area contributed by atoms with Crippen molar-refractivity contribution in [2.45, 2.75) is 45.6 Å². The summed E-state index contributed by atoms with van der Waals surface area (Å²) in [7, 11) is 0. The third kappa shape index (κ3) is 1.86. The lowest BCUT2D eigenvalue weighted by atomic mass is 9.81. The number of phenols is 1. The predicted octanol–water partition coefficient (Wildman–Crippen LogP) is 1.97. The number of nitrogens with two attached hydrogens (primary N) is 1. The third-order valence-corrected chi connectivity index (χ3v) is 3.96. The van der Waals surface area contributed by atoms with Crippen molar-refractivity contribution in [2.24, 2.45) is 5.73 Å². The van der Waals surface area contributed by atoms with Gasteiger partial charge >= 0.3 is 5.97 Å². The highest BCUT2D eigenvalue weighted by molar-refractivity contribution is 5.78. The summed E-state index contributed by atoms with van der Waals surface area (Å²) in [5.41, 5.74) is 10.1. The van der Waals surface area contributed by atoms with Crippen LogP contribution in [0.5, 0.6) is 5.75 Å². The van der Waals surface area contributed by atoms with Crippen LogP contribution in [0.25, 0.3) is 0 Å². The van der Waals surface area contributed by atoms with Gasteiger partial charge in [-0.2, -0.15) is 0 Å². The van der Waals surface area contributed by atoms with Crippen molar-refractivity contribution < 1.29 is 15.0 Å². The van der Waals surface area contributed by atoms with E-state index in [9.17, 15) is 9.90 Å². The van der Waals surface area contributed by atoms with Crippen molar-refractivity contribution >= 4 is 5.97 Å². The number of aliphatic carboxylic acids is 1. The smallest absolute Gasteiger partial charge is 0.325 e. The first-order valence-corrected chi connectivity index (χ1v) is 6.27. The summed E-state index contributed by atoms with van der Waals surface area (Å²) < 4.78 is 0. The van der Waals surface area contributed by atoms with Crippen molar-refractivity contribution in [1.82, 2.24) is 0 Å². The number of hydrogen-bond acceptors (Lipinski definition) is 3. The molecule has 2 rings (SSSR count). The van der Waals surface area contributed by atoms with E-state index in [1.807, 2.05) is 13.8 Å². The molecule has 0 spiro atoms. The van der Waals surface area contributed by atoms with E-state index in [0.717, 1.165) is 36.8 Å². The summed E-state index contributed by atoms with van der Waals surface area (Å²) >= 11 is 0. The molecule has 0 saturated carbocycles. The molecule has 0 aromatic heterocycles. The fourth-order valence-corrected chi connectivity index (χ4v) is 2.92. The molecular formula is C14H19NO3. The Morgan fingerprint density at radius 3 is 2.17 bits per heavy atom. The molecule has 0 radical (unpaired) electrons. The maximum absolute atomic E-state index is 11.0. The lowest BCUT2D eigenvalue weighted by Crippen LogP contribution is -2.23. The number of fused-ring (bicyclic) bond motifs is 1. The summed E-state index contributed by atoms with van der Waals surface area (Å²) in [5.74, 6) is -1.05. The van der Waals surface area contributed by atoms with E-state index in [1.54, 1.807) is 0 Å². The van der Waals surface area contributed by atoms with Gasteiger partial charge in [0.15, 0.2) is 0 Å². The molecule has 0 bridgehead atoms. The van der Waals surface area contributed by atoms with Crippen LogP contribution in [0, 0.1) is 13.8 Å². The van der Waals surface area contributed by atoms with Gasteiger partial charge in [0.25, 0.3) is 0 Å². The Hall–Kier alpha value is -1.55. The van der Waals surface area contributed by atoms with Crippen LogP contribution in [0.4, 0.5) is 0 Å². The Kier molecular flexibility index (Phi) is 3.30. The van der Waals surface area contributed by atoms with Gasteiger partial charge in [-0.3, -0.25) is 4.79 Å². The number of benzene rings is 1. The van der Waals surface area contributed by atoms with Gasteiger partial charge in [0.05, 0.1) is 0 Å². The molecule has 18 heavy (non-hydrogen) atoms. The molecule has 1 atom stereocenters. The van der Waals surface area contributed by atoms with E-state index < -0.39 is 12.0 Å². The largest absolute Gasteiger partial charge is 0.507 e. The van der Waals surface area contributed by atoms with Crippen molar-refractivity contribution in [1.29, 1.82) is 0 Å². The van der Waals surface area contributed by atoms with Gasteiger partial charge in [0.2, 0.25) is 0 Å². The molecule has 4 nitrogen and oxygen atoms in total. The number of phenolic OH excluding ortho intramolecular Hbond substituents is 1. The van der Waals surface area contributed by atoms with Crippen LogP contribution in [-0.2, 0) is 17.6 Å². The van der Waals surface area contributed by atoms with E-state index in [4.69, 9.17) is 10.8 Å². The standard InChI is InChI=1S/C14H19NO3/c1-7-9-5-3-4-6-10(9)8(2)13(16)11(7)12(15)14(17)18/h12,16H,3-6,15H2,1-2H3,(H,17,18). The molecule has 0 heterocycles.